The Bertz CT molecular complexity index is 1720. The van der Waals surface area contributed by atoms with Crippen molar-refractivity contribution in [2.24, 2.45) is 0 Å². The van der Waals surface area contributed by atoms with Gasteiger partial charge < -0.3 is 34.9 Å². The summed E-state index contributed by atoms with van der Waals surface area (Å²) in [7, 11) is 0. The van der Waals surface area contributed by atoms with Gasteiger partial charge in [-0.05, 0) is 61.6 Å². The number of fused-ring (bicyclic) bond motifs is 6. The number of amides is 1. The molecule has 10 nitrogen and oxygen atoms in total. The number of ether oxygens (including phenoxy) is 3. The molecule has 256 valence electrons. The van der Waals surface area contributed by atoms with Crippen LogP contribution < -0.4 is 19.9 Å². The maximum atomic E-state index is 14.0. The van der Waals surface area contributed by atoms with Gasteiger partial charge in [-0.2, -0.15) is 4.79 Å². The second-order valence-corrected chi connectivity index (χ2v) is 13.4. The number of nitrogens with one attached hydrogen (secondary N) is 1. The number of rotatable bonds is 15. The van der Waals surface area contributed by atoms with Gasteiger partial charge >= 0.3 is 5.71 Å². The van der Waals surface area contributed by atoms with Crippen LogP contribution in [0.5, 0.6) is 11.5 Å². The second-order valence-electron chi connectivity index (χ2n) is 13.0. The number of Topliss-reactive ketones (excluding diaryl/α,β-unsaturated/α-hetero) is 1. The maximum Gasteiger partial charge on any atom is 0.358 e. The molecule has 0 bridgehead atoms. The average molecular weight is 684 g/mol. The smallest absolute Gasteiger partial charge is 0.358 e. The minimum Gasteiger partial charge on any atom is -0.457 e. The van der Waals surface area contributed by atoms with E-state index >= 15 is 0 Å². The monoisotopic (exact) mass is 683 g/mol. The summed E-state index contributed by atoms with van der Waals surface area (Å²) in [5.74, 6) is 1.23. The number of carbonyl (C=O) groups excluding carboxylic acids is 2. The molecule has 49 heavy (non-hydrogen) atoms. The summed E-state index contributed by atoms with van der Waals surface area (Å²) < 4.78 is 17.9. The summed E-state index contributed by atoms with van der Waals surface area (Å²) in [5.41, 5.74) is 14.1. The number of benzene rings is 3. The molecule has 0 atom stereocenters. The zero-order valence-corrected chi connectivity index (χ0v) is 28.5. The van der Waals surface area contributed by atoms with Crippen LogP contribution >= 0.6 is 11.6 Å². The van der Waals surface area contributed by atoms with E-state index in [2.05, 4.69) is 19.9 Å². The summed E-state index contributed by atoms with van der Waals surface area (Å²) in [6.45, 7) is 6.20. The summed E-state index contributed by atoms with van der Waals surface area (Å²) in [6, 6.07) is 17.1. The van der Waals surface area contributed by atoms with Gasteiger partial charge in [0.05, 0.1) is 19.8 Å². The molecule has 1 amide bonds. The van der Waals surface area contributed by atoms with Gasteiger partial charge in [-0.15, -0.1) is 11.6 Å². The number of hydrogen-bond donors (Lipinski definition) is 1. The molecule has 3 aromatic carbocycles. The Morgan fingerprint density at radius 3 is 2.04 bits per heavy atom. The molecule has 3 heterocycles. The van der Waals surface area contributed by atoms with Crippen molar-refractivity contribution in [3.05, 3.63) is 87.9 Å². The number of unbranched alkanes of at least 4 members (excludes halogenated alkanes) is 3. The van der Waals surface area contributed by atoms with Crippen LogP contribution in [0.15, 0.2) is 54.6 Å². The molecule has 0 aromatic heterocycles. The fourth-order valence-corrected chi connectivity index (χ4v) is 7.40. The van der Waals surface area contributed by atoms with Gasteiger partial charge in [0.1, 0.15) is 11.5 Å². The van der Waals surface area contributed by atoms with Crippen LogP contribution in [0.1, 0.15) is 75.9 Å². The van der Waals surface area contributed by atoms with Crippen molar-refractivity contribution < 1.29 is 28.6 Å². The molecule has 2 fully saturated rings. The first-order valence-corrected chi connectivity index (χ1v) is 18.0. The maximum absolute atomic E-state index is 14.0. The molecule has 0 saturated carbocycles. The van der Waals surface area contributed by atoms with E-state index in [1.54, 1.807) is 18.2 Å². The van der Waals surface area contributed by atoms with E-state index < -0.39 is 5.41 Å². The molecular weight excluding hydrogens is 642 g/mol. The van der Waals surface area contributed by atoms with Gasteiger partial charge in [-0.3, -0.25) is 9.59 Å². The predicted molar refractivity (Wildman–Crippen MR) is 189 cm³/mol. The third-order valence-corrected chi connectivity index (χ3v) is 10.3. The van der Waals surface area contributed by atoms with E-state index in [1.807, 2.05) is 36.4 Å². The highest BCUT2D eigenvalue weighted by molar-refractivity contribution is 6.52. The van der Waals surface area contributed by atoms with E-state index in [0.29, 0.717) is 78.2 Å². The lowest BCUT2D eigenvalue weighted by molar-refractivity contribution is -0.0118. The van der Waals surface area contributed by atoms with Crippen LogP contribution in [-0.2, 0) is 14.9 Å². The molecule has 1 spiro atoms. The van der Waals surface area contributed by atoms with Crippen LogP contribution in [-0.4, -0.2) is 87.2 Å². The Labute approximate surface area is 291 Å². The van der Waals surface area contributed by atoms with Crippen LogP contribution in [0.4, 0.5) is 11.4 Å². The van der Waals surface area contributed by atoms with Gasteiger partial charge in [-0.1, -0.05) is 25.0 Å². The van der Waals surface area contributed by atoms with Crippen LogP contribution in [0, 0.1) is 0 Å². The number of alkyl halides is 1. The van der Waals surface area contributed by atoms with E-state index in [1.165, 1.54) is 0 Å². The van der Waals surface area contributed by atoms with Gasteiger partial charge in [0, 0.05) is 91.0 Å². The first-order chi connectivity index (χ1) is 24.1. The minimum absolute atomic E-state index is 0.00913. The molecule has 3 aliphatic heterocycles. The number of nitrogens with zero attached hydrogens (tertiary/aromatic N) is 4. The van der Waals surface area contributed by atoms with E-state index in [4.69, 9.17) is 25.8 Å². The van der Waals surface area contributed by atoms with Crippen molar-refractivity contribution in [1.29, 1.82) is 0 Å². The second kappa shape index (κ2) is 14.7. The van der Waals surface area contributed by atoms with Gasteiger partial charge in [0.25, 0.3) is 11.7 Å². The molecule has 0 unspecified atom stereocenters. The first kappa shape index (κ1) is 33.3. The number of halogens is 1. The Balaban J connectivity index is 1.13. The van der Waals surface area contributed by atoms with Gasteiger partial charge in [-0.25, -0.2) is 0 Å². The first-order valence-electron chi connectivity index (χ1n) is 17.4. The van der Waals surface area contributed by atoms with E-state index in [-0.39, 0.29) is 17.4 Å². The quantitative estimate of drug-likeness (QED) is 0.0907. The van der Waals surface area contributed by atoms with Crippen LogP contribution in [0.3, 0.4) is 0 Å². The average Bonchev–Trinajstić information content (AvgIpc) is 3.30. The fraction of sp³-hybridized carbons (Fsp3) is 0.447. The Morgan fingerprint density at radius 2 is 1.45 bits per heavy atom. The van der Waals surface area contributed by atoms with Crippen molar-refractivity contribution in [1.82, 2.24) is 5.32 Å². The third kappa shape index (κ3) is 6.23. The molecule has 2 saturated heterocycles. The van der Waals surface area contributed by atoms with E-state index in [9.17, 15) is 15.1 Å². The SMILES string of the molecule is [N-]=[N+]=C1C(=O)c2ccc(C(=O)NCCOCCOCCCCCCCl)cc2C12c1ccc(N3CCC3)cc1Oc1cc(N3CCC3)ccc12. The summed E-state index contributed by atoms with van der Waals surface area (Å²) in [5, 5.41) is 2.94. The Hall–Kier alpha value is -4.21. The molecular formula is C38H42ClN5O5. The molecule has 3 aromatic rings. The highest BCUT2D eigenvalue weighted by Gasteiger charge is 2.62. The zero-order valence-electron chi connectivity index (χ0n) is 27.7. The van der Waals surface area contributed by atoms with Crippen molar-refractivity contribution in [3.8, 4) is 11.5 Å². The molecule has 0 radical (unpaired) electrons. The van der Waals surface area contributed by atoms with Crippen molar-refractivity contribution >= 4 is 40.4 Å². The molecule has 7 rings (SSSR count). The topological polar surface area (TPSA) is 117 Å². The molecule has 11 heteroatoms. The number of carbonyl (C=O) groups is 2. The van der Waals surface area contributed by atoms with Crippen molar-refractivity contribution in [2.75, 3.05) is 74.8 Å². The lowest BCUT2D eigenvalue weighted by Crippen LogP contribution is -2.41. The Kier molecular flexibility index (Phi) is 10.0. The predicted octanol–water partition coefficient (Wildman–Crippen LogP) is 5.98. The highest BCUT2D eigenvalue weighted by atomic mass is 35.5. The van der Waals surface area contributed by atoms with Crippen molar-refractivity contribution in [2.45, 2.75) is 43.9 Å². The molecule has 1 N–H and O–H groups in total. The number of ketones is 1. The summed E-state index contributed by atoms with van der Waals surface area (Å²) in [6.07, 6.45) is 6.54. The molecule has 4 aliphatic rings. The van der Waals surface area contributed by atoms with E-state index in [0.717, 1.165) is 76.1 Å². The normalized spacial score (nSPS) is 16.7. The number of anilines is 2. The van der Waals surface area contributed by atoms with Crippen LogP contribution in [0.2, 0.25) is 0 Å². The van der Waals surface area contributed by atoms with Crippen LogP contribution in [0.25, 0.3) is 5.53 Å². The highest BCUT2D eigenvalue weighted by Crippen LogP contribution is 2.57. The summed E-state index contributed by atoms with van der Waals surface area (Å²) >= 11 is 5.71. The Morgan fingerprint density at radius 1 is 0.816 bits per heavy atom. The third-order valence-electron chi connectivity index (χ3n) is 10.1. The standard InChI is InChI=1S/C38H42ClN5O5/c39-13-3-1-2-4-19-47-21-22-48-20-14-41-37(46)26-7-10-29-32(23-26)38(36(42-40)35(29)45)30-11-8-27(43-15-5-16-43)24-33(30)49-34-25-28(9-12-31(34)38)44-17-6-18-44/h7-12,23-25H,1-6,13-22H2,(H,41,46). The molecule has 1 aliphatic carbocycles. The lowest BCUT2D eigenvalue weighted by atomic mass is 9.67. The fourth-order valence-electron chi connectivity index (χ4n) is 7.21. The van der Waals surface area contributed by atoms with Crippen molar-refractivity contribution in [3.63, 3.8) is 0 Å². The summed E-state index contributed by atoms with van der Waals surface area (Å²) in [4.78, 5) is 35.7. The largest absolute Gasteiger partial charge is 0.457 e. The number of hydrogen-bond acceptors (Lipinski definition) is 7. The zero-order chi connectivity index (χ0) is 33.8. The lowest BCUT2D eigenvalue weighted by Gasteiger charge is -2.39. The van der Waals surface area contributed by atoms with Gasteiger partial charge in [0.2, 0.25) is 0 Å². The van der Waals surface area contributed by atoms with Gasteiger partial charge in [0.15, 0.2) is 5.41 Å². The minimum atomic E-state index is -1.27.